The Kier molecular flexibility index (Phi) is 5.01. The molecule has 2 heterocycles. The van der Waals surface area contributed by atoms with Gasteiger partial charge in [0.1, 0.15) is 4.83 Å². The van der Waals surface area contributed by atoms with Crippen molar-refractivity contribution < 1.29 is 4.79 Å². The standard InChI is InChI=1S/C17H23N3O2S2/c1-5-20-16(22)14-11-7-6-10(2)8-12(11)24-15(14)18-17(20)23-9-13(21)19(3)4/h10H,5-9H2,1-4H3/t10-/m0/s1. The van der Waals surface area contributed by atoms with Crippen molar-refractivity contribution in [3.05, 3.63) is 20.8 Å². The number of nitrogens with zero attached hydrogens (tertiary/aromatic N) is 3. The van der Waals surface area contributed by atoms with Gasteiger partial charge in [-0.25, -0.2) is 4.98 Å². The molecule has 0 fully saturated rings. The molecule has 1 aliphatic rings. The molecule has 0 aromatic carbocycles. The predicted molar refractivity (Wildman–Crippen MR) is 100 cm³/mol. The molecule has 2 aromatic heterocycles. The number of aryl methyl sites for hydroxylation is 1. The van der Waals surface area contributed by atoms with Gasteiger partial charge < -0.3 is 4.90 Å². The van der Waals surface area contributed by atoms with Crippen LogP contribution in [0.1, 0.15) is 30.7 Å². The average Bonchev–Trinajstić information content (AvgIpc) is 2.89. The largest absolute Gasteiger partial charge is 0.348 e. The summed E-state index contributed by atoms with van der Waals surface area (Å²) in [5, 5.41) is 1.46. The lowest BCUT2D eigenvalue weighted by Gasteiger charge is -2.17. The van der Waals surface area contributed by atoms with Crippen LogP contribution in [0.15, 0.2) is 9.95 Å². The van der Waals surface area contributed by atoms with Crippen LogP contribution in [-0.2, 0) is 24.2 Å². The summed E-state index contributed by atoms with van der Waals surface area (Å²) < 4.78 is 1.71. The molecule has 3 rings (SSSR count). The van der Waals surface area contributed by atoms with Gasteiger partial charge in [0.25, 0.3) is 5.56 Å². The van der Waals surface area contributed by atoms with Gasteiger partial charge in [0.2, 0.25) is 5.91 Å². The van der Waals surface area contributed by atoms with E-state index in [2.05, 4.69) is 6.92 Å². The highest BCUT2D eigenvalue weighted by atomic mass is 32.2. The van der Waals surface area contributed by atoms with E-state index in [1.807, 2.05) is 6.92 Å². The van der Waals surface area contributed by atoms with Gasteiger partial charge in [0.15, 0.2) is 5.16 Å². The minimum absolute atomic E-state index is 0.0243. The van der Waals surface area contributed by atoms with E-state index in [4.69, 9.17) is 4.98 Å². The topological polar surface area (TPSA) is 55.2 Å². The van der Waals surface area contributed by atoms with Crippen LogP contribution in [0.3, 0.4) is 0 Å². The van der Waals surface area contributed by atoms with E-state index in [0.29, 0.717) is 23.4 Å². The number of hydrogen-bond donors (Lipinski definition) is 0. The highest BCUT2D eigenvalue weighted by Crippen LogP contribution is 2.36. The molecule has 0 aliphatic heterocycles. The molecule has 1 amide bonds. The lowest BCUT2D eigenvalue weighted by molar-refractivity contribution is -0.125. The third-order valence-corrected chi connectivity index (χ3v) is 6.63. The van der Waals surface area contributed by atoms with Crippen LogP contribution < -0.4 is 5.56 Å². The van der Waals surface area contributed by atoms with Gasteiger partial charge in [-0.3, -0.25) is 14.2 Å². The molecule has 24 heavy (non-hydrogen) atoms. The normalized spacial score (nSPS) is 17.1. The molecule has 0 bridgehead atoms. The van der Waals surface area contributed by atoms with Crippen molar-refractivity contribution in [1.29, 1.82) is 0 Å². The molecule has 5 nitrogen and oxygen atoms in total. The van der Waals surface area contributed by atoms with Crippen LogP contribution in [-0.4, -0.2) is 40.2 Å². The van der Waals surface area contributed by atoms with Crippen LogP contribution in [0.2, 0.25) is 0 Å². The molecule has 2 aromatic rings. The molecule has 0 saturated carbocycles. The highest BCUT2D eigenvalue weighted by molar-refractivity contribution is 7.99. The molecule has 7 heteroatoms. The predicted octanol–water partition coefficient (Wildman–Crippen LogP) is 2.78. The Morgan fingerprint density at radius 2 is 2.21 bits per heavy atom. The molecule has 130 valence electrons. The lowest BCUT2D eigenvalue weighted by atomic mass is 9.89. The van der Waals surface area contributed by atoms with Gasteiger partial charge in [-0.15, -0.1) is 11.3 Å². The fourth-order valence-corrected chi connectivity index (χ4v) is 5.51. The Balaban J connectivity index is 2.05. The molecule has 0 radical (unpaired) electrons. The Labute approximate surface area is 150 Å². The van der Waals surface area contributed by atoms with Crippen molar-refractivity contribution in [3.63, 3.8) is 0 Å². The van der Waals surface area contributed by atoms with Crippen LogP contribution in [0.25, 0.3) is 10.2 Å². The minimum atomic E-state index is 0.0243. The highest BCUT2D eigenvalue weighted by Gasteiger charge is 2.24. The molecule has 0 N–H and O–H groups in total. The average molecular weight is 366 g/mol. The van der Waals surface area contributed by atoms with Crippen molar-refractivity contribution in [2.24, 2.45) is 5.92 Å². The summed E-state index contributed by atoms with van der Waals surface area (Å²) in [7, 11) is 3.47. The first-order valence-corrected chi connectivity index (χ1v) is 10.1. The summed E-state index contributed by atoms with van der Waals surface area (Å²) in [6.45, 7) is 4.79. The number of aromatic nitrogens is 2. The molecule has 1 aliphatic carbocycles. The van der Waals surface area contributed by atoms with Crippen molar-refractivity contribution in [1.82, 2.24) is 14.5 Å². The zero-order valence-corrected chi connectivity index (χ0v) is 16.2. The SMILES string of the molecule is CCn1c(SCC(=O)N(C)C)nc2sc3c(c2c1=O)CC[C@H](C)C3. The maximum Gasteiger partial charge on any atom is 0.263 e. The Morgan fingerprint density at radius 1 is 1.46 bits per heavy atom. The number of fused-ring (bicyclic) bond motifs is 3. The quantitative estimate of drug-likeness (QED) is 0.618. The van der Waals surface area contributed by atoms with Gasteiger partial charge in [0, 0.05) is 25.5 Å². The summed E-state index contributed by atoms with van der Waals surface area (Å²) in [5.74, 6) is 0.995. The van der Waals surface area contributed by atoms with E-state index in [1.165, 1.54) is 22.2 Å². The maximum absolute atomic E-state index is 13.0. The zero-order chi connectivity index (χ0) is 17.4. The smallest absolute Gasteiger partial charge is 0.263 e. The Bertz CT molecular complexity index is 838. The second-order valence-corrected chi connectivity index (χ2v) is 8.58. The molecular formula is C17H23N3O2S2. The van der Waals surface area contributed by atoms with Gasteiger partial charge in [-0.2, -0.15) is 0 Å². The second-order valence-electron chi connectivity index (χ2n) is 6.55. The van der Waals surface area contributed by atoms with Crippen LogP contribution >= 0.6 is 23.1 Å². The van der Waals surface area contributed by atoms with Gasteiger partial charge in [-0.05, 0) is 37.7 Å². The number of thioether (sulfide) groups is 1. The van der Waals surface area contributed by atoms with Crippen molar-refractivity contribution in [2.75, 3.05) is 19.8 Å². The Morgan fingerprint density at radius 3 is 2.88 bits per heavy atom. The third-order valence-electron chi connectivity index (χ3n) is 4.52. The number of amides is 1. The van der Waals surface area contributed by atoms with Gasteiger partial charge >= 0.3 is 0 Å². The molecule has 0 saturated heterocycles. The van der Waals surface area contributed by atoms with Gasteiger partial charge in [0.05, 0.1) is 11.1 Å². The first-order valence-electron chi connectivity index (χ1n) is 8.30. The van der Waals surface area contributed by atoms with Gasteiger partial charge in [-0.1, -0.05) is 18.7 Å². The van der Waals surface area contributed by atoms with Crippen LogP contribution in [0.4, 0.5) is 0 Å². The number of rotatable bonds is 4. The Hall–Kier alpha value is -1.34. The third kappa shape index (κ3) is 3.11. The van der Waals surface area contributed by atoms with Crippen molar-refractivity contribution in [3.8, 4) is 0 Å². The van der Waals surface area contributed by atoms with E-state index in [9.17, 15) is 9.59 Å². The molecular weight excluding hydrogens is 342 g/mol. The first-order chi connectivity index (χ1) is 11.4. The zero-order valence-electron chi connectivity index (χ0n) is 14.6. The minimum Gasteiger partial charge on any atom is -0.348 e. The van der Waals surface area contributed by atoms with Crippen LogP contribution in [0.5, 0.6) is 0 Å². The van der Waals surface area contributed by atoms with Crippen molar-refractivity contribution >= 4 is 39.2 Å². The van der Waals surface area contributed by atoms with E-state index >= 15 is 0 Å². The number of carbonyl (C=O) groups is 1. The van der Waals surface area contributed by atoms with Crippen LogP contribution in [0, 0.1) is 5.92 Å². The molecule has 0 unspecified atom stereocenters. The van der Waals surface area contributed by atoms with E-state index in [-0.39, 0.29) is 11.5 Å². The monoisotopic (exact) mass is 365 g/mol. The summed E-state index contributed by atoms with van der Waals surface area (Å²) in [6, 6.07) is 0. The first kappa shape index (κ1) is 17.5. The second kappa shape index (κ2) is 6.88. The van der Waals surface area contributed by atoms with E-state index in [1.54, 1.807) is 34.9 Å². The van der Waals surface area contributed by atoms with Crippen molar-refractivity contribution in [2.45, 2.75) is 44.8 Å². The molecule has 0 spiro atoms. The number of carbonyl (C=O) groups excluding carboxylic acids is 1. The summed E-state index contributed by atoms with van der Waals surface area (Å²) in [4.78, 5) is 33.3. The lowest BCUT2D eigenvalue weighted by Crippen LogP contribution is -2.26. The fraction of sp³-hybridized carbons (Fsp3) is 0.588. The summed E-state index contributed by atoms with van der Waals surface area (Å²) in [5.41, 5.74) is 1.27. The maximum atomic E-state index is 13.0. The number of hydrogen-bond acceptors (Lipinski definition) is 5. The van der Waals surface area contributed by atoms with E-state index < -0.39 is 0 Å². The van der Waals surface area contributed by atoms with E-state index in [0.717, 1.165) is 29.5 Å². The molecule has 1 atom stereocenters. The number of thiophene rings is 1. The summed E-state index contributed by atoms with van der Waals surface area (Å²) in [6.07, 6.45) is 3.16. The fourth-order valence-electron chi connectivity index (χ4n) is 3.05. The summed E-state index contributed by atoms with van der Waals surface area (Å²) >= 11 is 3.01.